The third-order valence-corrected chi connectivity index (χ3v) is 4.98. The smallest absolute Gasteiger partial charge is 0.358 e. The summed E-state index contributed by atoms with van der Waals surface area (Å²) in [5.41, 5.74) is 0.877. The molecule has 0 fully saturated rings. The summed E-state index contributed by atoms with van der Waals surface area (Å²) in [4.78, 5) is 29.1. The summed E-state index contributed by atoms with van der Waals surface area (Å²) in [5, 5.41) is 7.25. The standard InChI is InChI=1S/C18H16ClN3O5S/c1-25-14-9-12(27-22-14)7-8-13(23)20-18-21-15(17(24)26-2)16(28-18)10-3-5-11(19)6-4-10/h3-6,9H,7-8H2,1-2H3,(H,20,21,23). The quantitative estimate of drug-likeness (QED) is 0.578. The fourth-order valence-corrected chi connectivity index (χ4v) is 3.43. The summed E-state index contributed by atoms with van der Waals surface area (Å²) in [5.74, 6) is 0.0209. The van der Waals surface area contributed by atoms with Gasteiger partial charge in [0, 0.05) is 23.9 Å². The van der Waals surface area contributed by atoms with Crippen LogP contribution < -0.4 is 10.1 Å². The maximum Gasteiger partial charge on any atom is 0.358 e. The van der Waals surface area contributed by atoms with Crippen molar-refractivity contribution < 1.29 is 23.6 Å². The molecule has 28 heavy (non-hydrogen) atoms. The molecule has 1 N–H and O–H groups in total. The van der Waals surface area contributed by atoms with E-state index in [0.29, 0.717) is 33.1 Å². The Hall–Kier alpha value is -2.91. The summed E-state index contributed by atoms with van der Waals surface area (Å²) < 4.78 is 14.8. The average Bonchev–Trinajstić information content (AvgIpc) is 3.33. The first-order valence-electron chi connectivity index (χ1n) is 8.14. The van der Waals surface area contributed by atoms with Crippen LogP contribution >= 0.6 is 22.9 Å². The fourth-order valence-electron chi connectivity index (χ4n) is 2.33. The van der Waals surface area contributed by atoms with Crippen molar-refractivity contribution in [3.05, 3.63) is 46.8 Å². The molecule has 0 spiro atoms. The van der Waals surface area contributed by atoms with E-state index in [0.717, 1.165) is 5.56 Å². The lowest BCUT2D eigenvalue weighted by Crippen LogP contribution is -2.12. The Labute approximate surface area is 169 Å². The van der Waals surface area contributed by atoms with Crippen LogP contribution in [0.3, 0.4) is 0 Å². The van der Waals surface area contributed by atoms with E-state index in [1.807, 2.05) is 0 Å². The minimum Gasteiger partial charge on any atom is -0.479 e. The number of halogens is 1. The number of aromatic nitrogens is 2. The molecule has 0 aliphatic carbocycles. The Morgan fingerprint density at radius 1 is 1.25 bits per heavy atom. The van der Waals surface area contributed by atoms with Gasteiger partial charge in [0.25, 0.3) is 5.88 Å². The van der Waals surface area contributed by atoms with Gasteiger partial charge in [-0.1, -0.05) is 35.1 Å². The summed E-state index contributed by atoms with van der Waals surface area (Å²) in [6.45, 7) is 0. The molecule has 0 unspecified atom stereocenters. The van der Waals surface area contributed by atoms with Crippen LogP contribution in [0.25, 0.3) is 10.4 Å². The number of nitrogens with one attached hydrogen (secondary N) is 1. The van der Waals surface area contributed by atoms with Gasteiger partial charge in [-0.05, 0) is 22.9 Å². The normalized spacial score (nSPS) is 10.5. The van der Waals surface area contributed by atoms with Crippen LogP contribution in [0.1, 0.15) is 22.7 Å². The number of hydrogen-bond donors (Lipinski definition) is 1. The van der Waals surface area contributed by atoms with Crippen molar-refractivity contribution in [3.63, 3.8) is 0 Å². The van der Waals surface area contributed by atoms with Crippen LogP contribution in [-0.4, -0.2) is 36.2 Å². The molecule has 0 aliphatic rings. The van der Waals surface area contributed by atoms with E-state index in [1.54, 1.807) is 30.3 Å². The third kappa shape index (κ3) is 4.68. The zero-order chi connectivity index (χ0) is 20.1. The predicted octanol–water partition coefficient (Wildman–Crippen LogP) is 3.82. The maximum atomic E-state index is 12.2. The van der Waals surface area contributed by atoms with Crippen molar-refractivity contribution in [2.24, 2.45) is 0 Å². The van der Waals surface area contributed by atoms with E-state index in [2.05, 4.69) is 15.5 Å². The highest BCUT2D eigenvalue weighted by Crippen LogP contribution is 2.34. The maximum absolute atomic E-state index is 12.2. The summed E-state index contributed by atoms with van der Waals surface area (Å²) >= 11 is 7.10. The number of benzene rings is 1. The van der Waals surface area contributed by atoms with Gasteiger partial charge in [0.15, 0.2) is 10.8 Å². The second kappa shape index (κ2) is 8.85. The number of aryl methyl sites for hydroxylation is 1. The number of ether oxygens (including phenoxy) is 2. The first kappa shape index (κ1) is 19.8. The number of nitrogens with zero attached hydrogens (tertiary/aromatic N) is 2. The van der Waals surface area contributed by atoms with Gasteiger partial charge >= 0.3 is 5.97 Å². The molecule has 0 radical (unpaired) electrons. The highest BCUT2D eigenvalue weighted by molar-refractivity contribution is 7.19. The first-order chi connectivity index (χ1) is 13.5. The van der Waals surface area contributed by atoms with Crippen molar-refractivity contribution >= 4 is 39.9 Å². The van der Waals surface area contributed by atoms with Gasteiger partial charge < -0.3 is 19.3 Å². The molecule has 10 heteroatoms. The number of rotatable bonds is 7. The van der Waals surface area contributed by atoms with E-state index in [9.17, 15) is 9.59 Å². The van der Waals surface area contributed by atoms with Crippen LogP contribution in [-0.2, 0) is 16.0 Å². The van der Waals surface area contributed by atoms with Crippen molar-refractivity contribution in [1.29, 1.82) is 0 Å². The number of methoxy groups -OCH3 is 2. The largest absolute Gasteiger partial charge is 0.479 e. The molecular formula is C18H16ClN3O5S. The van der Waals surface area contributed by atoms with Crippen LogP contribution in [0.5, 0.6) is 5.88 Å². The highest BCUT2D eigenvalue weighted by Gasteiger charge is 2.21. The molecule has 0 atom stereocenters. The Bertz CT molecular complexity index is 984. The lowest BCUT2D eigenvalue weighted by Gasteiger charge is -2.00. The average molecular weight is 422 g/mol. The number of amides is 1. The van der Waals surface area contributed by atoms with Gasteiger partial charge in [-0.2, -0.15) is 0 Å². The minimum absolute atomic E-state index is 0.130. The van der Waals surface area contributed by atoms with E-state index >= 15 is 0 Å². The molecule has 1 aromatic carbocycles. The molecule has 0 aliphatic heterocycles. The SMILES string of the molecule is COC(=O)c1nc(NC(=O)CCc2cc(OC)no2)sc1-c1ccc(Cl)cc1. The molecule has 3 aromatic rings. The van der Waals surface area contributed by atoms with Crippen LogP contribution in [0.15, 0.2) is 34.9 Å². The van der Waals surface area contributed by atoms with E-state index in [1.165, 1.54) is 25.6 Å². The van der Waals surface area contributed by atoms with Crippen LogP contribution in [0, 0.1) is 0 Å². The van der Waals surface area contributed by atoms with Gasteiger partial charge in [-0.25, -0.2) is 9.78 Å². The van der Waals surface area contributed by atoms with Crippen molar-refractivity contribution in [2.45, 2.75) is 12.8 Å². The second-order valence-electron chi connectivity index (χ2n) is 5.58. The number of hydrogen-bond acceptors (Lipinski definition) is 8. The molecule has 2 heterocycles. The van der Waals surface area contributed by atoms with Gasteiger partial charge in [-0.15, -0.1) is 0 Å². The van der Waals surface area contributed by atoms with Gasteiger partial charge in [0.2, 0.25) is 5.91 Å². The summed E-state index contributed by atoms with van der Waals surface area (Å²) in [7, 11) is 2.76. The zero-order valence-corrected chi connectivity index (χ0v) is 16.6. The molecule has 8 nitrogen and oxygen atoms in total. The highest BCUT2D eigenvalue weighted by atomic mass is 35.5. The molecule has 1 amide bonds. The molecule has 0 saturated carbocycles. The number of carbonyl (C=O) groups is 2. The molecule has 0 bridgehead atoms. The molecule has 3 rings (SSSR count). The van der Waals surface area contributed by atoms with E-state index in [4.69, 9.17) is 25.6 Å². The number of esters is 1. The van der Waals surface area contributed by atoms with E-state index < -0.39 is 5.97 Å². The molecular weight excluding hydrogens is 406 g/mol. The third-order valence-electron chi connectivity index (χ3n) is 3.70. The summed E-state index contributed by atoms with van der Waals surface area (Å²) in [6.07, 6.45) is 0.503. The van der Waals surface area contributed by atoms with Gasteiger partial charge in [0.05, 0.1) is 19.1 Å². The van der Waals surface area contributed by atoms with E-state index in [-0.39, 0.29) is 18.0 Å². The Morgan fingerprint density at radius 3 is 2.64 bits per heavy atom. The van der Waals surface area contributed by atoms with Gasteiger partial charge in [-0.3, -0.25) is 4.79 Å². The number of anilines is 1. The second-order valence-corrected chi connectivity index (χ2v) is 7.01. The van der Waals surface area contributed by atoms with Gasteiger partial charge in [0.1, 0.15) is 5.76 Å². The van der Waals surface area contributed by atoms with Crippen LogP contribution in [0.2, 0.25) is 5.02 Å². The first-order valence-corrected chi connectivity index (χ1v) is 9.34. The van der Waals surface area contributed by atoms with Crippen LogP contribution in [0.4, 0.5) is 5.13 Å². The lowest BCUT2D eigenvalue weighted by molar-refractivity contribution is -0.116. The number of carbonyl (C=O) groups excluding carboxylic acids is 2. The lowest BCUT2D eigenvalue weighted by atomic mass is 10.1. The Morgan fingerprint density at radius 2 is 2.00 bits per heavy atom. The number of thiazole rings is 1. The monoisotopic (exact) mass is 421 g/mol. The zero-order valence-electron chi connectivity index (χ0n) is 15.0. The Balaban J connectivity index is 1.73. The topological polar surface area (TPSA) is 104 Å². The Kier molecular flexibility index (Phi) is 6.27. The minimum atomic E-state index is -0.588. The predicted molar refractivity (Wildman–Crippen MR) is 104 cm³/mol. The molecule has 146 valence electrons. The van der Waals surface area contributed by atoms with Crippen molar-refractivity contribution in [1.82, 2.24) is 10.1 Å². The summed E-state index contributed by atoms with van der Waals surface area (Å²) in [6, 6.07) is 8.57. The molecule has 0 saturated heterocycles. The van der Waals surface area contributed by atoms with Crippen molar-refractivity contribution in [2.75, 3.05) is 19.5 Å². The van der Waals surface area contributed by atoms with Crippen molar-refractivity contribution in [3.8, 4) is 16.3 Å². The molecule has 2 aromatic heterocycles. The fraction of sp³-hybridized carbons (Fsp3) is 0.222.